The molecule has 4 heterocycles. The Labute approximate surface area is 165 Å². The minimum absolute atomic E-state index is 0.356. The number of aromatic amines is 1. The SMILES string of the molecule is CC1(CN2CCC(Nc3nccc(Nc4cc(C5CC5)[nH]n4)n3)CC2)COC1. The molecule has 0 spiro atoms. The number of nitrogens with zero attached hydrogens (tertiary/aromatic N) is 4. The van der Waals surface area contributed by atoms with Gasteiger partial charge in [0, 0.05) is 55.0 Å². The minimum Gasteiger partial charge on any atom is -0.380 e. The summed E-state index contributed by atoms with van der Waals surface area (Å²) in [5.41, 5.74) is 1.57. The summed E-state index contributed by atoms with van der Waals surface area (Å²) in [7, 11) is 0. The van der Waals surface area contributed by atoms with Crippen LogP contribution in [-0.4, -0.2) is 64.0 Å². The van der Waals surface area contributed by atoms with Crippen LogP contribution in [0.15, 0.2) is 18.3 Å². The van der Waals surface area contributed by atoms with Crippen LogP contribution in [0.3, 0.4) is 0 Å². The van der Waals surface area contributed by atoms with Gasteiger partial charge >= 0.3 is 0 Å². The molecule has 8 heteroatoms. The largest absolute Gasteiger partial charge is 0.380 e. The molecule has 5 rings (SSSR count). The molecule has 2 aliphatic heterocycles. The number of aromatic nitrogens is 4. The molecule has 0 amide bonds. The van der Waals surface area contributed by atoms with E-state index < -0.39 is 0 Å². The summed E-state index contributed by atoms with van der Waals surface area (Å²) in [5.74, 6) is 2.92. The lowest BCUT2D eigenvalue weighted by Gasteiger charge is -2.43. The lowest BCUT2D eigenvalue weighted by molar-refractivity contribution is -0.116. The third-order valence-corrected chi connectivity index (χ3v) is 5.95. The number of nitrogens with one attached hydrogen (secondary N) is 3. The van der Waals surface area contributed by atoms with Gasteiger partial charge in [-0.1, -0.05) is 6.92 Å². The van der Waals surface area contributed by atoms with Gasteiger partial charge in [-0.25, -0.2) is 4.98 Å². The van der Waals surface area contributed by atoms with Gasteiger partial charge in [-0.15, -0.1) is 0 Å². The van der Waals surface area contributed by atoms with Crippen molar-refractivity contribution in [2.24, 2.45) is 5.41 Å². The molecule has 2 aromatic rings. The molecule has 8 nitrogen and oxygen atoms in total. The van der Waals surface area contributed by atoms with Gasteiger partial charge in [0.25, 0.3) is 0 Å². The van der Waals surface area contributed by atoms with Crippen LogP contribution in [0.4, 0.5) is 17.6 Å². The molecule has 2 aromatic heterocycles. The van der Waals surface area contributed by atoms with Crippen molar-refractivity contribution in [1.82, 2.24) is 25.1 Å². The molecular formula is C20H29N7O. The zero-order chi connectivity index (χ0) is 19.0. The molecule has 0 radical (unpaired) electrons. The standard InChI is InChI=1S/C20H29N7O/c1-20(12-28-13-20)11-27-8-5-15(6-9-27)22-19-21-7-4-17(24-19)23-18-10-16(25-26-18)14-2-3-14/h4,7,10,14-15H,2-3,5-6,8-9,11-13H2,1H3,(H3,21,22,23,24,25,26). The first kappa shape index (κ1) is 17.9. The van der Waals surface area contributed by atoms with E-state index in [2.05, 4.69) is 48.7 Å². The Morgan fingerprint density at radius 1 is 1.21 bits per heavy atom. The van der Waals surface area contributed by atoms with Crippen molar-refractivity contribution in [1.29, 1.82) is 0 Å². The molecule has 3 aliphatic rings. The summed E-state index contributed by atoms with van der Waals surface area (Å²) in [6, 6.07) is 4.38. The maximum atomic E-state index is 5.38. The second-order valence-electron chi connectivity index (χ2n) is 8.87. The fraction of sp³-hybridized carbons (Fsp3) is 0.650. The van der Waals surface area contributed by atoms with E-state index in [1.807, 2.05) is 6.07 Å². The zero-order valence-electron chi connectivity index (χ0n) is 16.4. The quantitative estimate of drug-likeness (QED) is 0.677. The van der Waals surface area contributed by atoms with Crippen molar-refractivity contribution in [3.63, 3.8) is 0 Å². The number of likely N-dealkylation sites (tertiary alicyclic amines) is 1. The first-order chi connectivity index (χ1) is 13.7. The summed E-state index contributed by atoms with van der Waals surface area (Å²) in [6.07, 6.45) is 6.53. The van der Waals surface area contributed by atoms with Crippen LogP contribution in [0, 0.1) is 5.41 Å². The number of H-pyrrole nitrogens is 1. The van der Waals surface area contributed by atoms with Crippen LogP contribution in [-0.2, 0) is 4.74 Å². The van der Waals surface area contributed by atoms with Gasteiger partial charge in [-0.3, -0.25) is 5.10 Å². The molecule has 1 saturated carbocycles. The minimum atomic E-state index is 0.356. The lowest BCUT2D eigenvalue weighted by Crippen LogP contribution is -2.51. The number of anilines is 3. The van der Waals surface area contributed by atoms with Gasteiger partial charge in [0.15, 0.2) is 5.82 Å². The first-order valence-corrected chi connectivity index (χ1v) is 10.4. The molecule has 0 unspecified atom stereocenters. The molecule has 3 N–H and O–H groups in total. The van der Waals surface area contributed by atoms with Crippen molar-refractivity contribution in [2.75, 3.05) is 43.5 Å². The summed E-state index contributed by atoms with van der Waals surface area (Å²) < 4.78 is 5.38. The normalized spacial score (nSPS) is 22.6. The molecule has 2 saturated heterocycles. The first-order valence-electron chi connectivity index (χ1n) is 10.4. The molecule has 1 aliphatic carbocycles. The summed E-state index contributed by atoms with van der Waals surface area (Å²) in [4.78, 5) is 11.6. The van der Waals surface area contributed by atoms with E-state index in [1.54, 1.807) is 6.20 Å². The predicted octanol–water partition coefficient (Wildman–Crippen LogP) is 2.73. The average molecular weight is 384 g/mol. The monoisotopic (exact) mass is 383 g/mol. The number of piperidine rings is 1. The van der Waals surface area contributed by atoms with E-state index in [0.717, 1.165) is 57.3 Å². The molecule has 0 aromatic carbocycles. The van der Waals surface area contributed by atoms with Crippen LogP contribution < -0.4 is 10.6 Å². The van der Waals surface area contributed by atoms with Crippen LogP contribution >= 0.6 is 0 Å². The third-order valence-electron chi connectivity index (χ3n) is 5.95. The molecule has 150 valence electrons. The van der Waals surface area contributed by atoms with Crippen molar-refractivity contribution in [3.05, 3.63) is 24.0 Å². The highest BCUT2D eigenvalue weighted by molar-refractivity contribution is 5.53. The Kier molecular flexibility index (Phi) is 4.68. The second-order valence-corrected chi connectivity index (χ2v) is 8.87. The average Bonchev–Trinajstić information content (AvgIpc) is 3.42. The van der Waals surface area contributed by atoms with Crippen molar-refractivity contribution >= 4 is 17.6 Å². The fourth-order valence-corrected chi connectivity index (χ4v) is 4.13. The van der Waals surface area contributed by atoms with Crippen molar-refractivity contribution in [2.45, 2.75) is 44.6 Å². The predicted molar refractivity (Wildman–Crippen MR) is 108 cm³/mol. The smallest absolute Gasteiger partial charge is 0.224 e. The Morgan fingerprint density at radius 2 is 2.04 bits per heavy atom. The van der Waals surface area contributed by atoms with E-state index in [-0.39, 0.29) is 0 Å². The Morgan fingerprint density at radius 3 is 2.75 bits per heavy atom. The maximum absolute atomic E-state index is 5.38. The van der Waals surface area contributed by atoms with E-state index in [4.69, 9.17) is 4.74 Å². The Bertz CT molecular complexity index is 806. The van der Waals surface area contributed by atoms with Crippen LogP contribution in [0.1, 0.15) is 44.2 Å². The van der Waals surface area contributed by atoms with Crippen molar-refractivity contribution < 1.29 is 4.74 Å². The molecule has 28 heavy (non-hydrogen) atoms. The lowest BCUT2D eigenvalue weighted by atomic mass is 9.87. The summed E-state index contributed by atoms with van der Waals surface area (Å²) in [6.45, 7) is 7.49. The highest BCUT2D eigenvalue weighted by Crippen LogP contribution is 2.39. The van der Waals surface area contributed by atoms with E-state index in [0.29, 0.717) is 23.3 Å². The topological polar surface area (TPSA) is 91.0 Å². The van der Waals surface area contributed by atoms with Gasteiger partial charge in [-0.2, -0.15) is 10.1 Å². The highest BCUT2D eigenvalue weighted by Gasteiger charge is 2.36. The number of ether oxygens (including phenoxy) is 1. The number of hydrogen-bond donors (Lipinski definition) is 3. The Hall–Kier alpha value is -2.19. The van der Waals surface area contributed by atoms with E-state index in [9.17, 15) is 0 Å². The van der Waals surface area contributed by atoms with E-state index >= 15 is 0 Å². The van der Waals surface area contributed by atoms with Crippen LogP contribution in [0.25, 0.3) is 0 Å². The summed E-state index contributed by atoms with van der Waals surface area (Å²) >= 11 is 0. The van der Waals surface area contributed by atoms with Crippen molar-refractivity contribution in [3.8, 4) is 0 Å². The Balaban J connectivity index is 1.13. The number of hydrogen-bond acceptors (Lipinski definition) is 7. The van der Waals surface area contributed by atoms with E-state index in [1.165, 1.54) is 18.5 Å². The zero-order valence-corrected chi connectivity index (χ0v) is 16.4. The second kappa shape index (κ2) is 7.33. The molecule has 0 bridgehead atoms. The molecule has 3 fully saturated rings. The molecule has 0 atom stereocenters. The maximum Gasteiger partial charge on any atom is 0.224 e. The van der Waals surface area contributed by atoms with Gasteiger partial charge in [0.05, 0.1) is 13.2 Å². The van der Waals surface area contributed by atoms with Crippen LogP contribution in [0.5, 0.6) is 0 Å². The fourth-order valence-electron chi connectivity index (χ4n) is 4.13. The van der Waals surface area contributed by atoms with Gasteiger partial charge < -0.3 is 20.3 Å². The van der Waals surface area contributed by atoms with Gasteiger partial charge in [0.2, 0.25) is 5.95 Å². The summed E-state index contributed by atoms with van der Waals surface area (Å²) in [5, 5.41) is 14.2. The highest BCUT2D eigenvalue weighted by atomic mass is 16.5. The number of rotatable bonds is 7. The molecular weight excluding hydrogens is 354 g/mol. The third kappa shape index (κ3) is 4.12. The van der Waals surface area contributed by atoms with Gasteiger partial charge in [-0.05, 0) is 31.7 Å². The van der Waals surface area contributed by atoms with Crippen LogP contribution in [0.2, 0.25) is 0 Å². The van der Waals surface area contributed by atoms with Gasteiger partial charge in [0.1, 0.15) is 5.82 Å².